The Morgan fingerprint density at radius 1 is 1.18 bits per heavy atom. The van der Waals surface area contributed by atoms with Gasteiger partial charge in [0.15, 0.2) is 0 Å². The highest BCUT2D eigenvalue weighted by Crippen LogP contribution is 2.43. The quantitative estimate of drug-likeness (QED) is 0.489. The first-order valence-corrected chi connectivity index (χ1v) is 14.2. The van der Waals surface area contributed by atoms with Gasteiger partial charge in [-0.2, -0.15) is 15.1 Å². The van der Waals surface area contributed by atoms with Gasteiger partial charge in [-0.15, -0.1) is 0 Å². The number of nitrogens with one attached hydrogen (secondary N) is 1. The van der Waals surface area contributed by atoms with Crippen molar-refractivity contribution in [2.75, 3.05) is 51.3 Å². The molecule has 0 saturated carbocycles. The number of hydrogen-bond donors (Lipinski definition) is 1. The monoisotopic (exact) mass is 529 g/mol. The summed E-state index contributed by atoms with van der Waals surface area (Å²) in [4.78, 5) is 28.8. The van der Waals surface area contributed by atoms with Gasteiger partial charge in [0.1, 0.15) is 12.4 Å². The number of aryl methyl sites for hydroxylation is 1. The fraction of sp³-hybridized carbons (Fsp3) is 0.533. The highest BCUT2D eigenvalue weighted by molar-refractivity contribution is 5.87. The van der Waals surface area contributed by atoms with Crippen LogP contribution in [-0.4, -0.2) is 88.3 Å². The molecule has 1 N–H and O–H groups in total. The number of carbonyl (C=O) groups is 1. The Bertz CT molecular complexity index is 1380. The largest absolute Gasteiger partial charge is 0.462 e. The van der Waals surface area contributed by atoms with Crippen molar-refractivity contribution in [1.29, 1.82) is 0 Å². The second kappa shape index (κ2) is 10.6. The molecule has 39 heavy (non-hydrogen) atoms. The van der Waals surface area contributed by atoms with Crippen molar-refractivity contribution >= 4 is 22.6 Å². The van der Waals surface area contributed by atoms with Gasteiger partial charge in [-0.3, -0.25) is 9.89 Å². The molecule has 4 heterocycles. The van der Waals surface area contributed by atoms with E-state index in [1.165, 1.54) is 34.6 Å². The van der Waals surface area contributed by atoms with Crippen molar-refractivity contribution in [2.45, 2.75) is 51.5 Å². The van der Waals surface area contributed by atoms with Crippen molar-refractivity contribution in [3.05, 3.63) is 53.4 Å². The third kappa shape index (κ3) is 4.88. The fourth-order valence-corrected chi connectivity index (χ4v) is 6.73. The molecule has 1 aliphatic carbocycles. The average molecular weight is 530 g/mol. The van der Waals surface area contributed by atoms with Crippen LogP contribution in [0.4, 0.5) is 5.82 Å². The van der Waals surface area contributed by atoms with Crippen LogP contribution >= 0.6 is 0 Å². The van der Waals surface area contributed by atoms with Crippen LogP contribution in [0.2, 0.25) is 0 Å². The number of piperazine rings is 1. The molecule has 1 aromatic carbocycles. The minimum absolute atomic E-state index is 0.00988. The van der Waals surface area contributed by atoms with Crippen LogP contribution in [0.1, 0.15) is 48.1 Å². The number of carbonyl (C=O) groups excluding carboxylic acids is 1. The number of likely N-dealkylation sites (tertiary alicyclic amines) is 1. The third-order valence-electron chi connectivity index (χ3n) is 9.07. The zero-order valence-corrected chi connectivity index (χ0v) is 23.3. The molecule has 1 amide bonds. The molecule has 6 rings (SSSR count). The first kappa shape index (κ1) is 25.8. The Morgan fingerprint density at radius 3 is 2.74 bits per heavy atom. The highest BCUT2D eigenvalue weighted by Gasteiger charge is 2.35. The molecule has 0 spiro atoms. The standard InChI is InChI=1S/C30H39N7O2/c1-5-27(38)36-11-13-37(14-12-36)29-23-15-20(3)22(28-19(2)8-9-25-24(28)17-31-34-25)16-26(23)32-30(33-29)39-18-21-7-6-10-35(21)4/h5,8-9,17,20-22H,1,6-7,10-16,18H2,2-4H3,(H,31,34). The molecule has 3 atom stereocenters. The van der Waals surface area contributed by atoms with E-state index in [0.717, 1.165) is 55.9 Å². The minimum atomic E-state index is -0.00988. The summed E-state index contributed by atoms with van der Waals surface area (Å²) in [6, 6.07) is 5.18. The number of aromatic amines is 1. The molecular weight excluding hydrogens is 490 g/mol. The number of fused-ring (bicyclic) bond motifs is 2. The number of ether oxygens (including phenoxy) is 1. The van der Waals surface area contributed by atoms with E-state index >= 15 is 0 Å². The maximum absolute atomic E-state index is 12.2. The molecule has 9 heteroatoms. The Labute approximate surface area is 230 Å². The van der Waals surface area contributed by atoms with E-state index in [4.69, 9.17) is 14.7 Å². The molecule has 2 fully saturated rings. The maximum atomic E-state index is 12.2. The summed E-state index contributed by atoms with van der Waals surface area (Å²) in [6.45, 7) is 12.7. The smallest absolute Gasteiger partial charge is 0.318 e. The van der Waals surface area contributed by atoms with Crippen LogP contribution in [0.3, 0.4) is 0 Å². The number of hydrogen-bond acceptors (Lipinski definition) is 7. The number of nitrogens with zero attached hydrogens (tertiary/aromatic N) is 6. The van der Waals surface area contributed by atoms with Crippen LogP contribution < -0.4 is 9.64 Å². The molecule has 3 aliphatic rings. The lowest BCUT2D eigenvalue weighted by Crippen LogP contribution is -2.49. The third-order valence-corrected chi connectivity index (χ3v) is 9.07. The van der Waals surface area contributed by atoms with Crippen molar-refractivity contribution in [1.82, 2.24) is 30.0 Å². The molecule has 9 nitrogen and oxygen atoms in total. The van der Waals surface area contributed by atoms with Gasteiger partial charge in [-0.05, 0) is 81.3 Å². The Morgan fingerprint density at radius 2 is 2.00 bits per heavy atom. The van der Waals surface area contributed by atoms with Crippen LogP contribution in [0.15, 0.2) is 31.0 Å². The molecule has 3 aromatic rings. The second-order valence-corrected chi connectivity index (χ2v) is 11.5. The SMILES string of the molecule is C=CC(=O)N1CCN(c2nc(OCC3CCCN3C)nc3c2CC(C)C(c2c(C)ccc4[nH]ncc24)C3)CC1. The summed E-state index contributed by atoms with van der Waals surface area (Å²) >= 11 is 0. The average Bonchev–Trinajstić information content (AvgIpc) is 3.59. The summed E-state index contributed by atoms with van der Waals surface area (Å²) in [5.74, 6) is 1.72. The predicted molar refractivity (Wildman–Crippen MR) is 152 cm³/mol. The van der Waals surface area contributed by atoms with Crippen LogP contribution in [0.25, 0.3) is 10.9 Å². The summed E-state index contributed by atoms with van der Waals surface area (Å²) in [5.41, 5.74) is 6.05. The lowest BCUT2D eigenvalue weighted by atomic mass is 9.73. The van der Waals surface area contributed by atoms with Crippen LogP contribution in [0, 0.1) is 12.8 Å². The van der Waals surface area contributed by atoms with Gasteiger partial charge in [0.25, 0.3) is 0 Å². The summed E-state index contributed by atoms with van der Waals surface area (Å²) in [7, 11) is 2.16. The number of benzene rings is 1. The lowest BCUT2D eigenvalue weighted by Gasteiger charge is -2.38. The topological polar surface area (TPSA) is 90.5 Å². The van der Waals surface area contributed by atoms with E-state index in [1.807, 2.05) is 11.1 Å². The molecule has 2 aromatic heterocycles. The Hall–Kier alpha value is -3.46. The van der Waals surface area contributed by atoms with Crippen molar-refractivity contribution < 1.29 is 9.53 Å². The van der Waals surface area contributed by atoms with Gasteiger partial charge in [-0.25, -0.2) is 0 Å². The number of amides is 1. The predicted octanol–water partition coefficient (Wildman–Crippen LogP) is 3.49. The number of anilines is 1. The minimum Gasteiger partial charge on any atom is -0.462 e. The van der Waals surface area contributed by atoms with E-state index in [-0.39, 0.29) is 5.91 Å². The lowest BCUT2D eigenvalue weighted by molar-refractivity contribution is -0.126. The van der Waals surface area contributed by atoms with E-state index < -0.39 is 0 Å². The molecule has 3 unspecified atom stereocenters. The number of aromatic nitrogens is 4. The van der Waals surface area contributed by atoms with Crippen molar-refractivity contribution in [3.8, 4) is 6.01 Å². The van der Waals surface area contributed by atoms with Gasteiger partial charge in [0.05, 0.1) is 17.4 Å². The normalized spacial score (nSPS) is 23.7. The highest BCUT2D eigenvalue weighted by atomic mass is 16.5. The van der Waals surface area contributed by atoms with Gasteiger partial charge in [0, 0.05) is 43.2 Å². The molecule has 0 radical (unpaired) electrons. The number of likely N-dealkylation sites (N-methyl/N-ethyl adjacent to an activating group) is 1. The van der Waals surface area contributed by atoms with E-state index in [1.54, 1.807) is 0 Å². The van der Waals surface area contributed by atoms with E-state index in [2.05, 4.69) is 59.6 Å². The van der Waals surface area contributed by atoms with Gasteiger partial charge in [0.2, 0.25) is 5.91 Å². The van der Waals surface area contributed by atoms with E-state index in [9.17, 15) is 4.79 Å². The Balaban J connectivity index is 1.34. The fourth-order valence-electron chi connectivity index (χ4n) is 6.73. The molecule has 2 aliphatic heterocycles. The Kier molecular flexibility index (Phi) is 7.01. The van der Waals surface area contributed by atoms with Crippen LogP contribution in [-0.2, 0) is 17.6 Å². The molecule has 0 bridgehead atoms. The van der Waals surface area contributed by atoms with Gasteiger partial charge in [-0.1, -0.05) is 19.6 Å². The molecule has 206 valence electrons. The zero-order chi connectivity index (χ0) is 27.1. The maximum Gasteiger partial charge on any atom is 0.318 e. The molecular formula is C30H39N7O2. The van der Waals surface area contributed by atoms with Gasteiger partial charge < -0.3 is 19.4 Å². The number of H-pyrrole nitrogens is 1. The number of rotatable bonds is 6. The van der Waals surface area contributed by atoms with Crippen molar-refractivity contribution in [2.24, 2.45) is 5.92 Å². The first-order valence-electron chi connectivity index (χ1n) is 14.2. The summed E-state index contributed by atoms with van der Waals surface area (Å²) in [5, 5.41) is 8.68. The summed E-state index contributed by atoms with van der Waals surface area (Å²) in [6.07, 6.45) is 7.45. The first-order chi connectivity index (χ1) is 18.9. The van der Waals surface area contributed by atoms with Gasteiger partial charge >= 0.3 is 6.01 Å². The van der Waals surface area contributed by atoms with E-state index in [0.29, 0.717) is 43.6 Å². The van der Waals surface area contributed by atoms with Crippen LogP contribution in [0.5, 0.6) is 6.01 Å². The second-order valence-electron chi connectivity index (χ2n) is 11.5. The van der Waals surface area contributed by atoms with Crippen molar-refractivity contribution in [3.63, 3.8) is 0 Å². The molecule has 2 saturated heterocycles. The zero-order valence-electron chi connectivity index (χ0n) is 23.3. The summed E-state index contributed by atoms with van der Waals surface area (Å²) < 4.78 is 6.30.